The number of rotatable bonds is 8. The van der Waals surface area contributed by atoms with Crippen molar-refractivity contribution in [2.75, 3.05) is 23.4 Å². The number of benzene rings is 3. The van der Waals surface area contributed by atoms with Gasteiger partial charge >= 0.3 is 18.2 Å². The number of halogens is 4. The summed E-state index contributed by atoms with van der Waals surface area (Å²) in [6, 6.07) is 16.5. The second-order valence-electron chi connectivity index (χ2n) is 12.2. The molecule has 2 N–H and O–H groups in total. The minimum Gasteiger partial charge on any atom is -0.449 e. The van der Waals surface area contributed by atoms with Gasteiger partial charge in [0.25, 0.3) is 5.91 Å². The molecule has 0 saturated carbocycles. The number of fused-ring (bicyclic) bond motifs is 1. The van der Waals surface area contributed by atoms with E-state index in [1.807, 2.05) is 20.8 Å². The number of ether oxygens (including phenoxy) is 2. The monoisotopic (exact) mass is 716 g/mol. The summed E-state index contributed by atoms with van der Waals surface area (Å²) in [5.74, 6) is -1.74. The summed E-state index contributed by atoms with van der Waals surface area (Å²) in [4.78, 5) is 58.4. The van der Waals surface area contributed by atoms with Gasteiger partial charge in [-0.3, -0.25) is 24.7 Å². The van der Waals surface area contributed by atoms with Crippen molar-refractivity contribution in [3.63, 3.8) is 0 Å². The van der Waals surface area contributed by atoms with Crippen LogP contribution >= 0.6 is 23.4 Å². The number of cyclic esters (lactones) is 1. The van der Waals surface area contributed by atoms with E-state index in [-0.39, 0.29) is 16.2 Å². The van der Waals surface area contributed by atoms with Crippen LogP contribution in [-0.4, -0.2) is 65.0 Å². The van der Waals surface area contributed by atoms with Crippen LogP contribution in [0.5, 0.6) is 0 Å². The van der Waals surface area contributed by atoms with Crippen molar-refractivity contribution in [2.24, 2.45) is 4.99 Å². The van der Waals surface area contributed by atoms with Crippen molar-refractivity contribution in [1.29, 1.82) is 0 Å². The molecule has 5 rings (SSSR count). The van der Waals surface area contributed by atoms with Crippen LogP contribution in [0.15, 0.2) is 77.8 Å². The fourth-order valence-electron chi connectivity index (χ4n) is 5.25. The smallest absolute Gasteiger partial charge is 0.418 e. The molecule has 10 nitrogen and oxygen atoms in total. The Morgan fingerprint density at radius 1 is 1.04 bits per heavy atom. The Kier molecular flexibility index (Phi) is 10.6. The van der Waals surface area contributed by atoms with E-state index in [0.29, 0.717) is 28.6 Å². The van der Waals surface area contributed by atoms with Crippen LogP contribution in [0.2, 0.25) is 5.02 Å². The van der Waals surface area contributed by atoms with Gasteiger partial charge in [-0.15, -0.1) is 11.8 Å². The maximum absolute atomic E-state index is 14.1. The summed E-state index contributed by atoms with van der Waals surface area (Å²) >= 11 is 7.13. The lowest BCUT2D eigenvalue weighted by Gasteiger charge is -2.28. The Morgan fingerprint density at radius 3 is 2.43 bits per heavy atom. The number of anilines is 2. The quantitative estimate of drug-likeness (QED) is 0.257. The highest BCUT2D eigenvalue weighted by atomic mass is 35.5. The number of alkyl halides is 3. The second-order valence-corrected chi connectivity index (χ2v) is 14.5. The van der Waals surface area contributed by atoms with Gasteiger partial charge in [-0.25, -0.2) is 4.79 Å². The molecule has 2 aliphatic rings. The highest BCUT2D eigenvalue weighted by Gasteiger charge is 2.40. The molecule has 0 aromatic heterocycles. The fraction of sp³-hybridized carbons (Fsp3) is 0.324. The maximum Gasteiger partial charge on any atom is 0.418 e. The van der Waals surface area contributed by atoms with Crippen LogP contribution in [0.25, 0.3) is 0 Å². The molecule has 258 valence electrons. The van der Waals surface area contributed by atoms with Crippen LogP contribution in [-0.2, 0) is 30.0 Å². The Hall–Kier alpha value is -4.56. The molecule has 3 aromatic carbocycles. The third-order valence-electron chi connectivity index (χ3n) is 7.31. The molecule has 2 heterocycles. The van der Waals surface area contributed by atoms with E-state index < -0.39 is 72.0 Å². The molecular formula is C34H32ClF3N4O6S. The van der Waals surface area contributed by atoms with Crippen molar-refractivity contribution in [1.82, 2.24) is 5.32 Å². The van der Waals surface area contributed by atoms with Gasteiger partial charge < -0.3 is 19.7 Å². The number of hydrogen-bond donors (Lipinski definition) is 2. The Labute approximate surface area is 289 Å². The van der Waals surface area contributed by atoms with Crippen molar-refractivity contribution in [2.45, 2.75) is 55.6 Å². The third kappa shape index (κ3) is 8.92. The molecule has 3 aromatic rings. The summed E-state index contributed by atoms with van der Waals surface area (Å²) in [7, 11) is 0. The van der Waals surface area contributed by atoms with Crippen LogP contribution in [0.1, 0.15) is 43.9 Å². The van der Waals surface area contributed by atoms with Gasteiger partial charge in [0.2, 0.25) is 5.91 Å². The van der Waals surface area contributed by atoms with Crippen molar-refractivity contribution >= 4 is 64.3 Å². The molecule has 2 aliphatic heterocycles. The molecule has 3 atom stereocenters. The lowest BCUT2D eigenvalue weighted by atomic mass is 10.0. The molecule has 0 radical (unpaired) electrons. The normalized spacial score (nSPS) is 19.4. The van der Waals surface area contributed by atoms with Crippen molar-refractivity contribution in [3.8, 4) is 0 Å². The van der Waals surface area contributed by atoms with Crippen molar-refractivity contribution < 1.29 is 41.8 Å². The van der Waals surface area contributed by atoms with E-state index in [9.17, 15) is 32.3 Å². The van der Waals surface area contributed by atoms with Crippen LogP contribution in [0, 0.1) is 0 Å². The SMILES string of the molecule is CC(C)(C)S[C@@H]1OC(=O)C[C@@H]1NC(=O)CN1C(=O)[C@@H](COC(=O)Nc2ccc(Cl)cc2C(F)(F)F)N=C(c2ccccc2)c2ccccc21. The highest BCUT2D eigenvalue weighted by Crippen LogP contribution is 2.37. The number of aliphatic imine (C=N–C) groups is 1. The largest absolute Gasteiger partial charge is 0.449 e. The predicted octanol–water partition coefficient (Wildman–Crippen LogP) is 6.45. The molecule has 0 bridgehead atoms. The van der Waals surface area contributed by atoms with Crippen LogP contribution < -0.4 is 15.5 Å². The average Bonchev–Trinajstić information content (AvgIpc) is 3.31. The summed E-state index contributed by atoms with van der Waals surface area (Å²) in [6.07, 6.45) is -6.13. The average molecular weight is 717 g/mol. The Balaban J connectivity index is 1.41. The first kappa shape index (κ1) is 35.7. The van der Waals surface area contributed by atoms with Gasteiger partial charge in [-0.05, 0) is 24.3 Å². The zero-order chi connectivity index (χ0) is 35.5. The molecule has 1 saturated heterocycles. The number of carbonyl (C=O) groups is 4. The van der Waals surface area contributed by atoms with E-state index in [1.54, 1.807) is 54.6 Å². The van der Waals surface area contributed by atoms with Gasteiger partial charge in [-0.1, -0.05) is 80.9 Å². The molecule has 15 heteroatoms. The molecule has 3 amide bonds. The number of carbonyl (C=O) groups excluding carboxylic acids is 4. The lowest BCUT2D eigenvalue weighted by molar-refractivity contribution is -0.139. The Morgan fingerprint density at radius 2 is 1.73 bits per heavy atom. The first-order chi connectivity index (χ1) is 23.1. The van der Waals surface area contributed by atoms with Crippen LogP contribution in [0.4, 0.5) is 29.3 Å². The van der Waals surface area contributed by atoms with E-state index >= 15 is 0 Å². The summed E-state index contributed by atoms with van der Waals surface area (Å²) in [5, 5.41) is 4.70. The van der Waals surface area contributed by atoms with Crippen LogP contribution in [0.3, 0.4) is 0 Å². The molecular weight excluding hydrogens is 685 g/mol. The molecule has 1 fully saturated rings. The van der Waals surface area contributed by atoms with Gasteiger partial charge in [0.15, 0.2) is 11.5 Å². The zero-order valence-corrected chi connectivity index (χ0v) is 28.1. The predicted molar refractivity (Wildman–Crippen MR) is 180 cm³/mol. The fourth-order valence-corrected chi connectivity index (χ4v) is 6.61. The molecule has 0 spiro atoms. The number of thioether (sulfide) groups is 1. The highest BCUT2D eigenvalue weighted by molar-refractivity contribution is 8.01. The first-order valence-corrected chi connectivity index (χ1v) is 16.4. The van der Waals surface area contributed by atoms with Gasteiger partial charge in [0.05, 0.1) is 35.1 Å². The topological polar surface area (TPSA) is 126 Å². The summed E-state index contributed by atoms with van der Waals surface area (Å²) in [6.45, 7) is 4.71. The number of nitrogens with one attached hydrogen (secondary N) is 2. The number of nitrogens with zero attached hydrogens (tertiary/aromatic N) is 2. The minimum atomic E-state index is -4.82. The number of amides is 3. The molecule has 49 heavy (non-hydrogen) atoms. The lowest BCUT2D eigenvalue weighted by Crippen LogP contribution is -2.49. The molecule has 0 aliphatic carbocycles. The number of benzodiazepines with no additional fused rings is 1. The summed E-state index contributed by atoms with van der Waals surface area (Å²) < 4.78 is 51.2. The number of hydrogen-bond acceptors (Lipinski definition) is 8. The maximum atomic E-state index is 14.1. The van der Waals surface area contributed by atoms with E-state index in [0.717, 1.165) is 6.07 Å². The van der Waals surface area contributed by atoms with E-state index in [2.05, 4.69) is 15.6 Å². The van der Waals surface area contributed by atoms with Gasteiger partial charge in [0, 0.05) is 20.9 Å². The Bertz CT molecular complexity index is 1780. The van der Waals surface area contributed by atoms with E-state index in [4.69, 9.17) is 21.1 Å². The standard InChI is InChI=1S/C34H32ClF3N4O6S/c1-33(2,3)49-31-24(16-28(44)48-31)39-27(43)17-42-26-12-8-7-11-21(26)29(19-9-5-4-6-10-19)40-25(30(42)45)18-47-32(46)41-23-14-13-20(35)15-22(23)34(36,37)38/h4-15,24-25,31H,16-18H2,1-3H3,(H,39,43)(H,41,46)/t24-,25+,31-/m0/s1. The van der Waals surface area contributed by atoms with Gasteiger partial charge in [-0.2, -0.15) is 13.2 Å². The van der Waals surface area contributed by atoms with E-state index in [1.165, 1.54) is 22.7 Å². The van der Waals surface area contributed by atoms with Gasteiger partial charge in [0.1, 0.15) is 13.2 Å². The first-order valence-electron chi connectivity index (χ1n) is 15.1. The number of esters is 1. The number of para-hydroxylation sites is 1. The summed E-state index contributed by atoms with van der Waals surface area (Å²) in [5.41, 5.74) is -0.540. The van der Waals surface area contributed by atoms with Crippen molar-refractivity contribution in [3.05, 3.63) is 94.5 Å². The minimum absolute atomic E-state index is 0.0411. The second kappa shape index (κ2) is 14.5. The zero-order valence-electron chi connectivity index (χ0n) is 26.5. The third-order valence-corrected chi connectivity index (χ3v) is 8.91. The molecule has 0 unspecified atom stereocenters.